The molecule has 0 spiro atoms. The largest absolute Gasteiger partial charge is 0.348 e. The predicted molar refractivity (Wildman–Crippen MR) is 94.2 cm³/mol. The normalized spacial score (nSPS) is 12.4. The van der Waals surface area contributed by atoms with Crippen LogP contribution >= 0.6 is 11.8 Å². The van der Waals surface area contributed by atoms with E-state index in [2.05, 4.69) is 22.1 Å². The van der Waals surface area contributed by atoms with Crippen LogP contribution < -0.4 is 5.73 Å². The Morgan fingerprint density at radius 1 is 1.43 bits per heavy atom. The molecule has 1 amide bonds. The quantitative estimate of drug-likeness (QED) is 0.764. The zero-order valence-electron chi connectivity index (χ0n) is 13.8. The van der Waals surface area contributed by atoms with Gasteiger partial charge in [0, 0.05) is 35.8 Å². The molecule has 5 nitrogen and oxygen atoms in total. The SMILES string of the molecule is CSc1cccc(CN(C(=O)[C@@H](N)Cc2cnc[nH]2)C(C)C)c1. The molecule has 0 aliphatic rings. The third-order valence-corrected chi connectivity index (χ3v) is 4.43. The molecule has 1 atom stereocenters. The maximum atomic E-state index is 12.7. The van der Waals surface area contributed by atoms with E-state index in [1.165, 1.54) is 4.90 Å². The summed E-state index contributed by atoms with van der Waals surface area (Å²) in [5.41, 5.74) is 8.11. The van der Waals surface area contributed by atoms with Crippen molar-refractivity contribution in [2.45, 2.75) is 43.8 Å². The van der Waals surface area contributed by atoms with Gasteiger partial charge in [-0.2, -0.15) is 0 Å². The Morgan fingerprint density at radius 2 is 2.22 bits per heavy atom. The van der Waals surface area contributed by atoms with Crippen molar-refractivity contribution in [3.05, 3.63) is 48.0 Å². The molecule has 6 heteroatoms. The molecule has 1 aromatic heterocycles. The summed E-state index contributed by atoms with van der Waals surface area (Å²) in [6, 6.07) is 7.78. The number of H-pyrrole nitrogens is 1. The van der Waals surface area contributed by atoms with Crippen molar-refractivity contribution in [1.29, 1.82) is 0 Å². The number of benzene rings is 1. The number of nitrogens with two attached hydrogens (primary N) is 1. The lowest BCUT2D eigenvalue weighted by molar-refractivity contribution is -0.135. The highest BCUT2D eigenvalue weighted by Gasteiger charge is 2.24. The minimum atomic E-state index is -0.568. The predicted octanol–water partition coefficient (Wildman–Crippen LogP) is 2.44. The van der Waals surface area contributed by atoms with Crippen LogP contribution in [0.15, 0.2) is 41.7 Å². The number of aromatic amines is 1. The Balaban J connectivity index is 2.08. The van der Waals surface area contributed by atoms with Gasteiger partial charge in [0.15, 0.2) is 0 Å². The molecule has 0 aliphatic heterocycles. The number of hydrogen-bond donors (Lipinski definition) is 2. The molecule has 0 saturated carbocycles. The second-order valence-corrected chi connectivity index (χ2v) is 6.68. The first kappa shape index (κ1) is 17.6. The Hall–Kier alpha value is -1.79. The number of imidazole rings is 1. The van der Waals surface area contributed by atoms with E-state index in [1.54, 1.807) is 24.3 Å². The van der Waals surface area contributed by atoms with Crippen LogP contribution in [0.2, 0.25) is 0 Å². The number of rotatable bonds is 7. The second-order valence-electron chi connectivity index (χ2n) is 5.80. The molecule has 0 bridgehead atoms. The fourth-order valence-electron chi connectivity index (χ4n) is 2.42. The van der Waals surface area contributed by atoms with Crippen LogP contribution in [0.3, 0.4) is 0 Å². The number of thioether (sulfide) groups is 1. The van der Waals surface area contributed by atoms with E-state index in [1.807, 2.05) is 37.1 Å². The molecule has 2 aromatic rings. The van der Waals surface area contributed by atoms with Crippen LogP contribution in [0.4, 0.5) is 0 Å². The molecule has 1 heterocycles. The Bertz CT molecular complexity index is 627. The van der Waals surface area contributed by atoms with E-state index < -0.39 is 6.04 Å². The van der Waals surface area contributed by atoms with E-state index in [-0.39, 0.29) is 11.9 Å². The summed E-state index contributed by atoms with van der Waals surface area (Å²) >= 11 is 1.70. The standard InChI is InChI=1S/C17H24N4OS/c1-12(2)21(10-13-5-4-6-15(7-13)23-3)17(22)16(18)8-14-9-19-11-20-14/h4-7,9,11-12,16H,8,10,18H2,1-3H3,(H,19,20)/t16-/m0/s1. The van der Waals surface area contributed by atoms with Crippen LogP contribution in [0, 0.1) is 0 Å². The molecular weight excluding hydrogens is 308 g/mol. The van der Waals surface area contributed by atoms with E-state index in [0.29, 0.717) is 13.0 Å². The van der Waals surface area contributed by atoms with Crippen LogP contribution in [0.5, 0.6) is 0 Å². The Labute approximate surface area is 141 Å². The van der Waals surface area contributed by atoms with Gasteiger partial charge in [-0.15, -0.1) is 11.8 Å². The third kappa shape index (κ3) is 4.84. The first-order chi connectivity index (χ1) is 11.0. The summed E-state index contributed by atoms with van der Waals surface area (Å²) in [6.07, 6.45) is 5.81. The average molecular weight is 332 g/mol. The minimum absolute atomic E-state index is 0.0378. The number of hydrogen-bond acceptors (Lipinski definition) is 4. The van der Waals surface area contributed by atoms with Gasteiger partial charge in [0.25, 0.3) is 0 Å². The zero-order chi connectivity index (χ0) is 16.8. The molecule has 0 radical (unpaired) electrons. The Kier molecular flexibility index (Phi) is 6.24. The monoisotopic (exact) mass is 332 g/mol. The van der Waals surface area contributed by atoms with Crippen molar-refractivity contribution in [2.24, 2.45) is 5.73 Å². The second kappa shape index (κ2) is 8.17. The van der Waals surface area contributed by atoms with E-state index in [9.17, 15) is 4.79 Å². The summed E-state index contributed by atoms with van der Waals surface area (Å²) < 4.78 is 0. The van der Waals surface area contributed by atoms with Crippen LogP contribution in [0.25, 0.3) is 0 Å². The molecular formula is C17H24N4OS. The topological polar surface area (TPSA) is 75.0 Å². The number of carbonyl (C=O) groups excluding carboxylic acids is 1. The fraction of sp³-hybridized carbons (Fsp3) is 0.412. The maximum Gasteiger partial charge on any atom is 0.240 e. The van der Waals surface area contributed by atoms with Gasteiger partial charge in [-0.3, -0.25) is 4.79 Å². The molecule has 1 aromatic carbocycles. The van der Waals surface area contributed by atoms with Gasteiger partial charge in [-0.25, -0.2) is 4.98 Å². The van der Waals surface area contributed by atoms with E-state index in [0.717, 1.165) is 11.3 Å². The van der Waals surface area contributed by atoms with Gasteiger partial charge in [-0.1, -0.05) is 12.1 Å². The molecule has 0 saturated heterocycles. The number of carbonyl (C=O) groups is 1. The zero-order valence-corrected chi connectivity index (χ0v) is 14.6. The van der Waals surface area contributed by atoms with Gasteiger partial charge in [0.1, 0.15) is 0 Å². The molecule has 0 fully saturated rings. The Morgan fingerprint density at radius 3 is 2.83 bits per heavy atom. The van der Waals surface area contributed by atoms with Crippen LogP contribution in [-0.2, 0) is 17.8 Å². The van der Waals surface area contributed by atoms with Crippen molar-refractivity contribution in [1.82, 2.24) is 14.9 Å². The van der Waals surface area contributed by atoms with Gasteiger partial charge in [0.2, 0.25) is 5.91 Å². The average Bonchev–Trinajstić information content (AvgIpc) is 3.04. The number of aromatic nitrogens is 2. The van der Waals surface area contributed by atoms with Gasteiger partial charge < -0.3 is 15.6 Å². The first-order valence-corrected chi connectivity index (χ1v) is 8.90. The van der Waals surface area contributed by atoms with Crippen molar-refractivity contribution in [2.75, 3.05) is 6.26 Å². The summed E-state index contributed by atoms with van der Waals surface area (Å²) in [5, 5.41) is 0. The lowest BCUT2D eigenvalue weighted by atomic mass is 10.1. The summed E-state index contributed by atoms with van der Waals surface area (Å²) in [6.45, 7) is 4.60. The highest BCUT2D eigenvalue weighted by atomic mass is 32.2. The number of nitrogens with one attached hydrogen (secondary N) is 1. The van der Waals surface area contributed by atoms with Crippen LogP contribution in [0.1, 0.15) is 25.1 Å². The number of nitrogens with zero attached hydrogens (tertiary/aromatic N) is 2. The van der Waals surface area contributed by atoms with E-state index in [4.69, 9.17) is 5.73 Å². The highest BCUT2D eigenvalue weighted by molar-refractivity contribution is 7.98. The van der Waals surface area contributed by atoms with Gasteiger partial charge in [0.05, 0.1) is 12.4 Å². The fourth-order valence-corrected chi connectivity index (χ4v) is 2.90. The smallest absolute Gasteiger partial charge is 0.240 e. The lowest BCUT2D eigenvalue weighted by Gasteiger charge is -2.29. The van der Waals surface area contributed by atoms with Crippen LogP contribution in [-0.4, -0.2) is 39.1 Å². The molecule has 124 valence electrons. The number of amides is 1. The van der Waals surface area contributed by atoms with Gasteiger partial charge >= 0.3 is 0 Å². The highest BCUT2D eigenvalue weighted by Crippen LogP contribution is 2.18. The van der Waals surface area contributed by atoms with Crippen molar-refractivity contribution >= 4 is 17.7 Å². The molecule has 2 rings (SSSR count). The lowest BCUT2D eigenvalue weighted by Crippen LogP contribution is -2.47. The van der Waals surface area contributed by atoms with Crippen molar-refractivity contribution in [3.63, 3.8) is 0 Å². The molecule has 0 unspecified atom stereocenters. The maximum absolute atomic E-state index is 12.7. The van der Waals surface area contributed by atoms with E-state index >= 15 is 0 Å². The van der Waals surface area contributed by atoms with Crippen molar-refractivity contribution in [3.8, 4) is 0 Å². The summed E-state index contributed by atoms with van der Waals surface area (Å²) in [5.74, 6) is -0.0378. The molecule has 3 N–H and O–H groups in total. The molecule has 23 heavy (non-hydrogen) atoms. The first-order valence-electron chi connectivity index (χ1n) is 7.67. The van der Waals surface area contributed by atoms with Gasteiger partial charge in [-0.05, 0) is 37.8 Å². The van der Waals surface area contributed by atoms with Crippen molar-refractivity contribution < 1.29 is 4.79 Å². The summed E-state index contributed by atoms with van der Waals surface area (Å²) in [4.78, 5) is 22.7. The summed E-state index contributed by atoms with van der Waals surface area (Å²) in [7, 11) is 0. The minimum Gasteiger partial charge on any atom is -0.348 e. The third-order valence-electron chi connectivity index (χ3n) is 3.71. The molecule has 0 aliphatic carbocycles.